The van der Waals surface area contributed by atoms with Crippen LogP contribution >= 0.6 is 0 Å². The van der Waals surface area contributed by atoms with Crippen LogP contribution in [0.4, 0.5) is 17.3 Å². The van der Waals surface area contributed by atoms with Gasteiger partial charge in [-0.15, -0.1) is 0 Å². The monoisotopic (exact) mass is 284 g/mol. The third kappa shape index (κ3) is 3.94. The van der Waals surface area contributed by atoms with Gasteiger partial charge in [-0.25, -0.2) is 9.97 Å². The summed E-state index contributed by atoms with van der Waals surface area (Å²) in [4.78, 5) is 11.4. The molecule has 0 saturated heterocycles. The molecule has 0 atom stereocenters. The lowest BCUT2D eigenvalue weighted by Crippen LogP contribution is -2.19. The van der Waals surface area contributed by atoms with Gasteiger partial charge in [-0.2, -0.15) is 0 Å². The Labute approximate surface area is 127 Å². The first-order chi connectivity index (χ1) is 10.3. The van der Waals surface area contributed by atoms with Crippen LogP contribution in [0.5, 0.6) is 0 Å². The molecule has 1 aromatic heterocycles. The summed E-state index contributed by atoms with van der Waals surface area (Å²) < 4.78 is 0. The molecule has 0 amide bonds. The quantitative estimate of drug-likeness (QED) is 0.833. The average molecular weight is 284 g/mol. The molecule has 4 nitrogen and oxygen atoms in total. The van der Waals surface area contributed by atoms with Crippen LogP contribution in [0, 0.1) is 0 Å². The normalized spacial score (nSPS) is 10.4. The molecule has 2 rings (SSSR count). The van der Waals surface area contributed by atoms with Gasteiger partial charge in [0.2, 0.25) is 0 Å². The number of para-hydroxylation sites is 1. The van der Waals surface area contributed by atoms with Gasteiger partial charge in [0.15, 0.2) is 0 Å². The molecule has 0 fully saturated rings. The number of aryl methyl sites for hydroxylation is 1. The van der Waals surface area contributed by atoms with Crippen LogP contribution in [0.3, 0.4) is 0 Å². The van der Waals surface area contributed by atoms with Crippen molar-refractivity contribution < 1.29 is 0 Å². The van der Waals surface area contributed by atoms with Crippen molar-refractivity contribution in [3.8, 4) is 0 Å². The van der Waals surface area contributed by atoms with Gasteiger partial charge in [0, 0.05) is 31.3 Å². The van der Waals surface area contributed by atoms with E-state index in [0.717, 1.165) is 49.1 Å². The summed E-state index contributed by atoms with van der Waals surface area (Å²) in [6, 6.07) is 12.4. The summed E-state index contributed by atoms with van der Waals surface area (Å²) in [5.41, 5.74) is 1.15. The fourth-order valence-corrected chi connectivity index (χ4v) is 2.21. The fourth-order valence-electron chi connectivity index (χ4n) is 2.21. The lowest BCUT2D eigenvalue weighted by molar-refractivity contribution is 0.892. The van der Waals surface area contributed by atoms with Crippen LogP contribution in [-0.4, -0.2) is 23.1 Å². The minimum atomic E-state index is 0.834. The van der Waals surface area contributed by atoms with E-state index in [1.54, 1.807) is 0 Å². The highest BCUT2D eigenvalue weighted by Gasteiger charge is 2.11. The predicted molar refractivity (Wildman–Crippen MR) is 89.3 cm³/mol. The number of hydrogen-bond donors (Lipinski definition) is 1. The van der Waals surface area contributed by atoms with Gasteiger partial charge in [-0.3, -0.25) is 0 Å². The van der Waals surface area contributed by atoms with Crippen molar-refractivity contribution in [1.29, 1.82) is 0 Å². The van der Waals surface area contributed by atoms with Crippen molar-refractivity contribution >= 4 is 17.3 Å². The van der Waals surface area contributed by atoms with Gasteiger partial charge in [0.1, 0.15) is 17.5 Å². The summed E-state index contributed by atoms with van der Waals surface area (Å²) >= 11 is 0. The van der Waals surface area contributed by atoms with E-state index in [-0.39, 0.29) is 0 Å². The van der Waals surface area contributed by atoms with Crippen molar-refractivity contribution in [2.24, 2.45) is 0 Å². The first-order valence-electron chi connectivity index (χ1n) is 7.72. The zero-order valence-electron chi connectivity index (χ0n) is 13.1. The van der Waals surface area contributed by atoms with Gasteiger partial charge in [0.05, 0.1) is 0 Å². The Balaban J connectivity index is 2.35. The number of rotatable bonds is 7. The lowest BCUT2D eigenvalue weighted by atomic mass is 10.3. The molecule has 0 unspecified atom stereocenters. The number of nitrogens with one attached hydrogen (secondary N) is 1. The Morgan fingerprint density at radius 3 is 2.43 bits per heavy atom. The fraction of sp³-hybridized carbons (Fsp3) is 0.412. The van der Waals surface area contributed by atoms with Gasteiger partial charge in [-0.05, 0) is 25.5 Å². The Morgan fingerprint density at radius 1 is 1.05 bits per heavy atom. The zero-order valence-corrected chi connectivity index (χ0v) is 13.1. The molecule has 0 bridgehead atoms. The lowest BCUT2D eigenvalue weighted by Gasteiger charge is -2.23. The largest absolute Gasteiger partial charge is 0.370 e. The van der Waals surface area contributed by atoms with E-state index in [9.17, 15) is 0 Å². The molecule has 112 valence electrons. The zero-order chi connectivity index (χ0) is 15.1. The molecular formula is C17H24N4. The Bertz CT molecular complexity index is 554. The molecule has 0 aliphatic heterocycles. The molecular weight excluding hydrogens is 260 g/mol. The van der Waals surface area contributed by atoms with E-state index < -0.39 is 0 Å². The summed E-state index contributed by atoms with van der Waals surface area (Å²) in [6.07, 6.45) is 1.91. The van der Waals surface area contributed by atoms with E-state index >= 15 is 0 Å². The van der Waals surface area contributed by atoms with Crippen LogP contribution in [0.1, 0.15) is 33.0 Å². The minimum absolute atomic E-state index is 0.834. The van der Waals surface area contributed by atoms with Crippen molar-refractivity contribution in [2.45, 2.75) is 33.6 Å². The summed E-state index contributed by atoms with van der Waals surface area (Å²) in [5, 5.41) is 3.36. The maximum absolute atomic E-state index is 4.68. The van der Waals surface area contributed by atoms with Crippen LogP contribution in [-0.2, 0) is 6.42 Å². The highest BCUT2D eigenvalue weighted by Crippen LogP contribution is 2.25. The number of hydrogen-bond acceptors (Lipinski definition) is 4. The van der Waals surface area contributed by atoms with Crippen molar-refractivity contribution in [3.63, 3.8) is 0 Å². The van der Waals surface area contributed by atoms with E-state index in [0.29, 0.717) is 0 Å². The van der Waals surface area contributed by atoms with Crippen LogP contribution in [0.15, 0.2) is 36.4 Å². The molecule has 4 heteroatoms. The molecule has 1 aromatic carbocycles. The molecule has 0 aliphatic rings. The van der Waals surface area contributed by atoms with E-state index in [2.05, 4.69) is 65.2 Å². The van der Waals surface area contributed by atoms with Gasteiger partial charge >= 0.3 is 0 Å². The van der Waals surface area contributed by atoms with Gasteiger partial charge in [-0.1, -0.05) is 32.0 Å². The Kier molecular flexibility index (Phi) is 5.55. The van der Waals surface area contributed by atoms with Crippen LogP contribution in [0.2, 0.25) is 0 Å². The van der Waals surface area contributed by atoms with Crippen molar-refractivity contribution in [1.82, 2.24) is 9.97 Å². The maximum atomic E-state index is 4.68. The summed E-state index contributed by atoms with van der Waals surface area (Å²) in [5.74, 6) is 2.74. The summed E-state index contributed by atoms with van der Waals surface area (Å²) in [6.45, 7) is 8.17. The molecule has 0 saturated carbocycles. The SMILES string of the molecule is CCCNc1cc(N(CC)c2ccccc2)nc(CC)n1. The van der Waals surface area contributed by atoms with E-state index in [1.807, 2.05) is 12.1 Å². The number of aromatic nitrogens is 2. The molecule has 0 radical (unpaired) electrons. The van der Waals surface area contributed by atoms with Crippen molar-refractivity contribution in [3.05, 3.63) is 42.2 Å². The van der Waals surface area contributed by atoms with Gasteiger partial charge < -0.3 is 10.2 Å². The molecule has 0 aliphatic carbocycles. The average Bonchev–Trinajstić information content (AvgIpc) is 2.54. The Hall–Kier alpha value is -2.10. The topological polar surface area (TPSA) is 41.0 Å². The second kappa shape index (κ2) is 7.62. The van der Waals surface area contributed by atoms with Gasteiger partial charge in [0.25, 0.3) is 0 Å². The number of nitrogens with zero attached hydrogens (tertiary/aromatic N) is 3. The first kappa shape index (κ1) is 15.3. The number of anilines is 3. The maximum Gasteiger partial charge on any atom is 0.138 e. The van der Waals surface area contributed by atoms with Crippen LogP contribution < -0.4 is 10.2 Å². The Morgan fingerprint density at radius 2 is 1.81 bits per heavy atom. The smallest absolute Gasteiger partial charge is 0.138 e. The minimum Gasteiger partial charge on any atom is -0.370 e. The number of benzene rings is 1. The molecule has 0 spiro atoms. The van der Waals surface area contributed by atoms with E-state index in [1.165, 1.54) is 0 Å². The molecule has 1 N–H and O–H groups in total. The standard InChI is InChI=1S/C17H24N4/c1-4-12-18-16-13-17(20-15(5-2)19-16)21(6-3)14-10-8-7-9-11-14/h7-11,13H,4-6,12H2,1-3H3,(H,18,19,20). The highest BCUT2D eigenvalue weighted by atomic mass is 15.2. The predicted octanol–water partition coefficient (Wildman–Crippen LogP) is 4.02. The van der Waals surface area contributed by atoms with Crippen LogP contribution in [0.25, 0.3) is 0 Å². The van der Waals surface area contributed by atoms with Crippen molar-refractivity contribution in [2.75, 3.05) is 23.3 Å². The molecule has 2 aromatic rings. The molecule has 1 heterocycles. The second-order valence-electron chi connectivity index (χ2n) is 4.89. The second-order valence-corrected chi connectivity index (χ2v) is 4.89. The summed E-state index contributed by atoms with van der Waals surface area (Å²) in [7, 11) is 0. The van der Waals surface area contributed by atoms with E-state index in [4.69, 9.17) is 0 Å². The third-order valence-electron chi connectivity index (χ3n) is 3.29. The first-order valence-corrected chi connectivity index (χ1v) is 7.72. The highest BCUT2D eigenvalue weighted by molar-refractivity contribution is 5.62. The third-order valence-corrected chi connectivity index (χ3v) is 3.29. The molecule has 21 heavy (non-hydrogen) atoms.